The van der Waals surface area contributed by atoms with E-state index in [2.05, 4.69) is 6.58 Å². The number of benzene rings is 1. The molecule has 0 radical (unpaired) electrons. The number of aromatic hydroxyl groups is 1. The third-order valence-electron chi connectivity index (χ3n) is 3.11. The molecule has 1 N–H and O–H groups in total. The van der Waals surface area contributed by atoms with Crippen LogP contribution in [-0.2, 0) is 6.42 Å². The standard InChI is InChI=1S/C15H16O6/c1-5-6-8-9(16)7-10(18-2)11-12(8)21-15(17)14(20-4)13(11)19-3/h5,7,16H,1,6H2,2-4H3. The second-order valence-corrected chi connectivity index (χ2v) is 4.23. The van der Waals surface area contributed by atoms with Crippen LogP contribution < -0.4 is 19.8 Å². The first-order valence-electron chi connectivity index (χ1n) is 6.17. The highest BCUT2D eigenvalue weighted by atomic mass is 16.5. The summed E-state index contributed by atoms with van der Waals surface area (Å²) < 4.78 is 20.8. The lowest BCUT2D eigenvalue weighted by Crippen LogP contribution is -2.08. The van der Waals surface area contributed by atoms with Crippen LogP contribution in [-0.4, -0.2) is 26.4 Å². The predicted octanol–water partition coefficient (Wildman–Crippen LogP) is 2.25. The molecule has 0 aliphatic carbocycles. The normalized spacial score (nSPS) is 10.4. The first-order valence-corrected chi connectivity index (χ1v) is 6.17. The van der Waals surface area contributed by atoms with Crippen molar-refractivity contribution in [1.82, 2.24) is 0 Å². The van der Waals surface area contributed by atoms with E-state index in [1.807, 2.05) is 0 Å². The van der Waals surface area contributed by atoms with Crippen molar-refractivity contribution in [2.24, 2.45) is 0 Å². The molecule has 0 atom stereocenters. The topological polar surface area (TPSA) is 78.1 Å². The Kier molecular flexibility index (Phi) is 4.07. The zero-order chi connectivity index (χ0) is 15.6. The van der Waals surface area contributed by atoms with E-state index in [1.165, 1.54) is 27.4 Å². The fourth-order valence-electron chi connectivity index (χ4n) is 2.21. The van der Waals surface area contributed by atoms with Crippen molar-refractivity contribution >= 4 is 11.0 Å². The van der Waals surface area contributed by atoms with Crippen LogP contribution >= 0.6 is 0 Å². The first kappa shape index (κ1) is 14.8. The van der Waals surface area contributed by atoms with E-state index < -0.39 is 5.63 Å². The third kappa shape index (κ3) is 2.29. The lowest BCUT2D eigenvalue weighted by molar-refractivity contribution is 0.335. The summed E-state index contributed by atoms with van der Waals surface area (Å²) in [6.07, 6.45) is 1.92. The van der Waals surface area contributed by atoms with Crippen molar-refractivity contribution in [3.63, 3.8) is 0 Å². The van der Waals surface area contributed by atoms with E-state index >= 15 is 0 Å². The summed E-state index contributed by atoms with van der Waals surface area (Å²) in [6, 6.07) is 1.43. The van der Waals surface area contributed by atoms with Crippen molar-refractivity contribution in [1.29, 1.82) is 0 Å². The Labute approximate surface area is 121 Å². The number of ether oxygens (including phenoxy) is 3. The van der Waals surface area contributed by atoms with Crippen LogP contribution in [0.3, 0.4) is 0 Å². The van der Waals surface area contributed by atoms with Gasteiger partial charge in [-0.3, -0.25) is 0 Å². The molecule has 6 heteroatoms. The SMILES string of the molecule is C=CCc1c(O)cc(OC)c2c(OC)c(OC)c(=O)oc12. The van der Waals surface area contributed by atoms with Crippen molar-refractivity contribution in [3.8, 4) is 23.0 Å². The van der Waals surface area contributed by atoms with Crippen LogP contribution in [0.15, 0.2) is 27.9 Å². The molecule has 2 aromatic rings. The highest BCUT2D eigenvalue weighted by Crippen LogP contribution is 2.43. The fourth-order valence-corrected chi connectivity index (χ4v) is 2.21. The molecular weight excluding hydrogens is 276 g/mol. The van der Waals surface area contributed by atoms with Crippen LogP contribution in [0.1, 0.15) is 5.56 Å². The fraction of sp³-hybridized carbons (Fsp3) is 0.267. The Morgan fingerprint density at radius 2 is 1.90 bits per heavy atom. The predicted molar refractivity (Wildman–Crippen MR) is 77.7 cm³/mol. The van der Waals surface area contributed by atoms with Crippen molar-refractivity contribution < 1.29 is 23.7 Å². The highest BCUT2D eigenvalue weighted by molar-refractivity contribution is 5.95. The van der Waals surface area contributed by atoms with Gasteiger partial charge in [-0.2, -0.15) is 0 Å². The van der Waals surface area contributed by atoms with Gasteiger partial charge in [-0.15, -0.1) is 6.58 Å². The summed E-state index contributed by atoms with van der Waals surface area (Å²) in [5, 5.41) is 10.5. The Morgan fingerprint density at radius 1 is 1.24 bits per heavy atom. The van der Waals surface area contributed by atoms with Gasteiger partial charge in [0.05, 0.1) is 21.3 Å². The molecular formula is C15H16O6. The zero-order valence-corrected chi connectivity index (χ0v) is 12.1. The van der Waals surface area contributed by atoms with Gasteiger partial charge in [0, 0.05) is 11.6 Å². The van der Waals surface area contributed by atoms with Gasteiger partial charge >= 0.3 is 5.63 Å². The van der Waals surface area contributed by atoms with Gasteiger partial charge < -0.3 is 23.7 Å². The molecule has 0 fully saturated rings. The van der Waals surface area contributed by atoms with E-state index in [0.29, 0.717) is 23.1 Å². The lowest BCUT2D eigenvalue weighted by atomic mass is 10.0. The molecule has 1 aromatic carbocycles. The molecule has 0 saturated heterocycles. The second-order valence-electron chi connectivity index (χ2n) is 4.23. The highest BCUT2D eigenvalue weighted by Gasteiger charge is 2.23. The molecule has 0 aliphatic heterocycles. The van der Waals surface area contributed by atoms with E-state index in [-0.39, 0.29) is 22.8 Å². The number of hydrogen-bond donors (Lipinski definition) is 1. The molecule has 0 spiro atoms. The molecule has 2 rings (SSSR count). The van der Waals surface area contributed by atoms with Gasteiger partial charge in [0.2, 0.25) is 5.75 Å². The molecule has 1 aromatic heterocycles. The number of phenolic OH excluding ortho intramolecular Hbond substituents is 1. The van der Waals surface area contributed by atoms with Crippen LogP contribution in [0.4, 0.5) is 0 Å². The molecule has 0 saturated carbocycles. The minimum Gasteiger partial charge on any atom is -0.507 e. The summed E-state index contributed by atoms with van der Waals surface area (Å²) in [5.74, 6) is 0.410. The minimum absolute atomic E-state index is 0.0466. The van der Waals surface area contributed by atoms with Gasteiger partial charge in [0.1, 0.15) is 16.9 Å². The molecule has 21 heavy (non-hydrogen) atoms. The Bertz CT molecular complexity index is 744. The third-order valence-corrected chi connectivity index (χ3v) is 3.11. The van der Waals surface area contributed by atoms with Crippen molar-refractivity contribution in [2.45, 2.75) is 6.42 Å². The maximum Gasteiger partial charge on any atom is 0.383 e. The summed E-state index contributed by atoms with van der Waals surface area (Å²) in [5.41, 5.74) is -0.0759. The van der Waals surface area contributed by atoms with Gasteiger partial charge in [-0.05, 0) is 6.42 Å². The zero-order valence-electron chi connectivity index (χ0n) is 12.1. The number of allylic oxidation sites excluding steroid dienone is 1. The quantitative estimate of drug-likeness (QED) is 0.672. The van der Waals surface area contributed by atoms with Gasteiger partial charge in [0.25, 0.3) is 0 Å². The number of rotatable bonds is 5. The monoisotopic (exact) mass is 292 g/mol. The molecule has 0 bridgehead atoms. The lowest BCUT2D eigenvalue weighted by Gasteiger charge is -2.14. The molecule has 6 nitrogen and oxygen atoms in total. The van der Waals surface area contributed by atoms with E-state index in [1.54, 1.807) is 6.08 Å². The average molecular weight is 292 g/mol. The van der Waals surface area contributed by atoms with Gasteiger partial charge in [0.15, 0.2) is 11.3 Å². The van der Waals surface area contributed by atoms with Gasteiger partial charge in [-0.25, -0.2) is 4.79 Å². The number of fused-ring (bicyclic) bond motifs is 1. The molecule has 0 unspecified atom stereocenters. The molecule has 0 amide bonds. The Morgan fingerprint density at radius 3 is 2.43 bits per heavy atom. The Hall–Kier alpha value is -2.63. The van der Waals surface area contributed by atoms with E-state index in [4.69, 9.17) is 18.6 Å². The van der Waals surface area contributed by atoms with Crippen LogP contribution in [0.2, 0.25) is 0 Å². The minimum atomic E-state index is -0.695. The largest absolute Gasteiger partial charge is 0.507 e. The van der Waals surface area contributed by atoms with Crippen LogP contribution in [0.5, 0.6) is 23.0 Å². The van der Waals surface area contributed by atoms with E-state index in [0.717, 1.165) is 0 Å². The van der Waals surface area contributed by atoms with Crippen LogP contribution in [0, 0.1) is 0 Å². The summed E-state index contributed by atoms with van der Waals surface area (Å²) in [6.45, 7) is 3.63. The molecule has 0 aliphatic rings. The van der Waals surface area contributed by atoms with E-state index in [9.17, 15) is 9.90 Å². The first-order chi connectivity index (χ1) is 10.1. The summed E-state index contributed by atoms with van der Waals surface area (Å²) in [7, 11) is 4.20. The smallest absolute Gasteiger partial charge is 0.383 e. The molecule has 1 heterocycles. The second kappa shape index (κ2) is 5.78. The number of methoxy groups -OCH3 is 3. The van der Waals surface area contributed by atoms with Gasteiger partial charge in [-0.1, -0.05) is 6.08 Å². The number of hydrogen-bond acceptors (Lipinski definition) is 6. The van der Waals surface area contributed by atoms with Crippen molar-refractivity contribution in [3.05, 3.63) is 34.7 Å². The number of phenols is 1. The maximum absolute atomic E-state index is 12.0. The molecule has 112 valence electrons. The van der Waals surface area contributed by atoms with Crippen molar-refractivity contribution in [2.75, 3.05) is 21.3 Å². The maximum atomic E-state index is 12.0. The summed E-state index contributed by atoms with van der Waals surface area (Å²) >= 11 is 0. The van der Waals surface area contributed by atoms with Crippen LogP contribution in [0.25, 0.3) is 11.0 Å². The average Bonchev–Trinajstić information content (AvgIpc) is 2.48. The Balaban J connectivity index is 3.04. The summed E-state index contributed by atoms with van der Waals surface area (Å²) in [4.78, 5) is 12.0.